The van der Waals surface area contributed by atoms with E-state index in [2.05, 4.69) is 5.10 Å². The minimum absolute atomic E-state index is 0.0930. The van der Waals surface area contributed by atoms with Gasteiger partial charge >= 0.3 is 11.8 Å². The number of para-hydroxylation sites is 1. The van der Waals surface area contributed by atoms with Crippen molar-refractivity contribution >= 4 is 17.8 Å². The zero-order valence-corrected chi connectivity index (χ0v) is 21.9. The molecule has 1 aliphatic rings. The molecule has 0 N–H and O–H groups in total. The molecule has 2 aromatic rings. The average molecular weight is 521 g/mol. The first-order chi connectivity index (χ1) is 17.2. The molecule has 2 amide bonds. The molecule has 202 valence electrons. The van der Waals surface area contributed by atoms with E-state index in [4.69, 9.17) is 13.9 Å². The summed E-state index contributed by atoms with van der Waals surface area (Å²) >= 11 is 0. The first-order valence-corrected chi connectivity index (χ1v) is 11.9. The molecular weight excluding hydrogens is 487 g/mol. The predicted molar refractivity (Wildman–Crippen MR) is 130 cm³/mol. The summed E-state index contributed by atoms with van der Waals surface area (Å²) in [5.41, 5.74) is -1.40. The van der Waals surface area contributed by atoms with Gasteiger partial charge in [0.25, 0.3) is 5.89 Å². The van der Waals surface area contributed by atoms with Crippen LogP contribution in [0.1, 0.15) is 51.7 Å². The van der Waals surface area contributed by atoms with Gasteiger partial charge in [-0.1, -0.05) is 18.2 Å². The molecule has 0 aliphatic carbocycles. The molecular formula is C25H33FN4O7. The Hall–Kier alpha value is -3.54. The predicted octanol–water partition coefficient (Wildman–Crippen LogP) is 2.61. The molecule has 0 spiro atoms. The quantitative estimate of drug-likeness (QED) is 0.487. The summed E-state index contributed by atoms with van der Waals surface area (Å²) in [5, 5.41) is 3.96. The molecule has 0 bridgehead atoms. The van der Waals surface area contributed by atoms with E-state index in [0.29, 0.717) is 5.69 Å². The summed E-state index contributed by atoms with van der Waals surface area (Å²) in [7, 11) is 1.46. The first-order valence-electron chi connectivity index (χ1n) is 11.9. The Morgan fingerprint density at radius 2 is 1.81 bits per heavy atom. The lowest BCUT2D eigenvalue weighted by molar-refractivity contribution is -0.134. The second kappa shape index (κ2) is 10.8. The van der Waals surface area contributed by atoms with Gasteiger partial charge in [0.1, 0.15) is 24.4 Å². The number of methoxy groups -OCH3 is 1. The SMILES string of the molecule is COCC(C)(C)N(CC(=O)N1C[C@@H](F)C[C@H]1C(=O)c1nn(-c2ccccc2)c(=O)o1)C(=O)OC(C)(C)C. The second-order valence-electron chi connectivity index (χ2n) is 10.5. The van der Waals surface area contributed by atoms with Gasteiger partial charge in [-0.2, -0.15) is 4.68 Å². The highest BCUT2D eigenvalue weighted by atomic mass is 19.1. The number of hydrogen-bond donors (Lipinski definition) is 0. The van der Waals surface area contributed by atoms with Crippen molar-refractivity contribution in [3.63, 3.8) is 0 Å². The first kappa shape index (κ1) is 28.0. The maximum atomic E-state index is 14.5. The average Bonchev–Trinajstić information content (AvgIpc) is 3.38. The van der Waals surface area contributed by atoms with Crippen LogP contribution in [-0.2, 0) is 14.3 Å². The standard InChI is InChI=1S/C25H33FN4O7/c1-24(2,3)37-22(33)29(25(4,5)15-35-6)14-19(31)28-13-16(26)12-18(28)20(32)21-27-30(23(34)36-21)17-10-8-7-9-11-17/h7-11,16,18H,12-15H2,1-6H3/t16-,18-/m0/s1. The molecule has 1 aromatic heterocycles. The van der Waals surface area contributed by atoms with Crippen LogP contribution in [0, 0.1) is 0 Å². The molecule has 3 rings (SSSR count). The van der Waals surface area contributed by atoms with E-state index in [0.717, 1.165) is 9.58 Å². The van der Waals surface area contributed by atoms with Gasteiger partial charge in [-0.05, 0) is 46.8 Å². The van der Waals surface area contributed by atoms with Gasteiger partial charge in [-0.25, -0.2) is 14.0 Å². The van der Waals surface area contributed by atoms with Gasteiger partial charge in [0, 0.05) is 13.5 Å². The third-order valence-corrected chi connectivity index (χ3v) is 5.77. The summed E-state index contributed by atoms with van der Waals surface area (Å²) in [6.45, 7) is 7.73. The van der Waals surface area contributed by atoms with Crippen molar-refractivity contribution < 1.29 is 32.7 Å². The molecule has 1 aromatic carbocycles. The van der Waals surface area contributed by atoms with Crippen LogP contribution in [0.15, 0.2) is 39.5 Å². The number of halogens is 1. The van der Waals surface area contributed by atoms with Crippen molar-refractivity contribution in [3.05, 3.63) is 46.8 Å². The lowest BCUT2D eigenvalue weighted by atomic mass is 10.0. The number of aromatic nitrogens is 2. The number of ether oxygens (including phenoxy) is 2. The number of carbonyl (C=O) groups excluding carboxylic acids is 3. The lowest BCUT2D eigenvalue weighted by Gasteiger charge is -2.39. The van der Waals surface area contributed by atoms with Gasteiger partial charge in [-0.15, -0.1) is 5.10 Å². The molecule has 1 saturated heterocycles. The number of rotatable bonds is 8. The van der Waals surface area contributed by atoms with Gasteiger partial charge in [0.15, 0.2) is 0 Å². The van der Waals surface area contributed by atoms with Crippen molar-refractivity contribution in [1.29, 1.82) is 0 Å². The minimum atomic E-state index is -1.48. The highest BCUT2D eigenvalue weighted by molar-refractivity contribution is 5.99. The van der Waals surface area contributed by atoms with Gasteiger partial charge in [0.2, 0.25) is 11.7 Å². The summed E-state index contributed by atoms with van der Waals surface area (Å²) < 4.78 is 31.2. The summed E-state index contributed by atoms with van der Waals surface area (Å²) in [6.07, 6.45) is -2.53. The fourth-order valence-electron chi connectivity index (χ4n) is 4.06. The summed E-state index contributed by atoms with van der Waals surface area (Å²) in [6, 6.07) is 7.08. The lowest BCUT2D eigenvalue weighted by Crippen LogP contribution is -2.56. The Kier molecular flexibility index (Phi) is 8.21. The smallest absolute Gasteiger partial charge is 0.442 e. The Labute approximate surface area is 214 Å². The number of benzene rings is 1. The van der Waals surface area contributed by atoms with Crippen molar-refractivity contribution in [2.45, 2.75) is 64.4 Å². The Morgan fingerprint density at radius 1 is 1.16 bits per heavy atom. The van der Waals surface area contributed by atoms with Crippen LogP contribution >= 0.6 is 0 Å². The summed E-state index contributed by atoms with van der Waals surface area (Å²) in [4.78, 5) is 54.1. The summed E-state index contributed by atoms with van der Waals surface area (Å²) in [5.74, 6) is -2.90. The van der Waals surface area contributed by atoms with Crippen LogP contribution in [0.3, 0.4) is 0 Å². The van der Waals surface area contributed by atoms with E-state index in [1.54, 1.807) is 65.0 Å². The molecule has 0 saturated carbocycles. The molecule has 0 radical (unpaired) electrons. The van der Waals surface area contributed by atoms with E-state index >= 15 is 0 Å². The van der Waals surface area contributed by atoms with Gasteiger partial charge in [-0.3, -0.25) is 14.5 Å². The number of alkyl halides is 1. The van der Waals surface area contributed by atoms with Crippen LogP contribution < -0.4 is 5.76 Å². The number of nitrogens with zero attached hydrogens (tertiary/aromatic N) is 4. The monoisotopic (exact) mass is 520 g/mol. The van der Waals surface area contributed by atoms with Crippen molar-refractivity contribution in [3.8, 4) is 5.69 Å². The van der Waals surface area contributed by atoms with E-state index in [-0.39, 0.29) is 19.6 Å². The van der Waals surface area contributed by atoms with Gasteiger partial charge in [0.05, 0.1) is 24.4 Å². The fourth-order valence-corrected chi connectivity index (χ4v) is 4.06. The van der Waals surface area contributed by atoms with Crippen molar-refractivity contribution in [1.82, 2.24) is 19.6 Å². The zero-order chi connectivity index (χ0) is 27.5. The molecule has 37 heavy (non-hydrogen) atoms. The molecule has 2 atom stereocenters. The van der Waals surface area contributed by atoms with E-state index < -0.39 is 59.3 Å². The second-order valence-corrected chi connectivity index (χ2v) is 10.5. The molecule has 1 aliphatic heterocycles. The maximum absolute atomic E-state index is 14.5. The van der Waals surface area contributed by atoms with Crippen LogP contribution in [0.25, 0.3) is 5.69 Å². The zero-order valence-electron chi connectivity index (χ0n) is 21.9. The highest BCUT2D eigenvalue weighted by Crippen LogP contribution is 2.26. The van der Waals surface area contributed by atoms with Crippen molar-refractivity contribution in [2.75, 3.05) is 26.8 Å². The molecule has 2 heterocycles. The molecule has 1 fully saturated rings. The van der Waals surface area contributed by atoms with Crippen LogP contribution in [0.2, 0.25) is 0 Å². The van der Waals surface area contributed by atoms with E-state index in [1.165, 1.54) is 12.0 Å². The van der Waals surface area contributed by atoms with Crippen molar-refractivity contribution in [2.24, 2.45) is 0 Å². The molecule has 12 heteroatoms. The third kappa shape index (κ3) is 6.62. The number of carbonyl (C=O) groups is 3. The maximum Gasteiger partial charge on any atom is 0.442 e. The fraction of sp³-hybridized carbons (Fsp3) is 0.560. The number of ketones is 1. The highest BCUT2D eigenvalue weighted by Gasteiger charge is 2.44. The van der Waals surface area contributed by atoms with Gasteiger partial charge < -0.3 is 18.8 Å². The van der Waals surface area contributed by atoms with Crippen LogP contribution in [0.4, 0.5) is 9.18 Å². The van der Waals surface area contributed by atoms with E-state index in [9.17, 15) is 23.6 Å². The third-order valence-electron chi connectivity index (χ3n) is 5.77. The number of amides is 2. The van der Waals surface area contributed by atoms with Crippen LogP contribution in [-0.4, -0.2) is 87.5 Å². The Morgan fingerprint density at radius 3 is 2.41 bits per heavy atom. The topological polar surface area (TPSA) is 124 Å². The number of hydrogen-bond acceptors (Lipinski definition) is 8. The molecule has 0 unspecified atom stereocenters. The minimum Gasteiger partial charge on any atom is -0.444 e. The Balaban J connectivity index is 1.85. The van der Waals surface area contributed by atoms with Crippen LogP contribution in [0.5, 0.6) is 0 Å². The molecule has 11 nitrogen and oxygen atoms in total. The number of likely N-dealkylation sites (tertiary alicyclic amines) is 1. The van der Waals surface area contributed by atoms with E-state index in [1.807, 2.05) is 0 Å². The Bertz CT molecular complexity index is 1190. The number of Topliss-reactive ketones (excluding diaryl/α,β-unsaturated/α-hetero) is 1. The largest absolute Gasteiger partial charge is 0.444 e. The normalized spacial score (nSPS) is 18.1.